The summed E-state index contributed by atoms with van der Waals surface area (Å²) < 4.78 is 0. The molecule has 1 saturated carbocycles. The highest BCUT2D eigenvalue weighted by atomic mass is 35.5. The maximum atomic E-state index is 6.12. The van der Waals surface area contributed by atoms with Crippen LogP contribution >= 0.6 is 23.2 Å². The number of hydrogen-bond acceptors (Lipinski definition) is 0. The van der Waals surface area contributed by atoms with Crippen molar-refractivity contribution < 1.29 is 0 Å². The molecule has 1 aliphatic carbocycles. The largest absolute Gasteiger partial charge is 0.0843 e. The zero-order chi connectivity index (χ0) is 13.2. The van der Waals surface area contributed by atoms with E-state index in [-0.39, 0.29) is 0 Å². The van der Waals surface area contributed by atoms with Crippen molar-refractivity contribution in [1.82, 2.24) is 0 Å². The molecular weight excluding hydrogens is 275 g/mol. The first-order valence-electron chi connectivity index (χ1n) is 6.75. The van der Waals surface area contributed by atoms with Crippen molar-refractivity contribution >= 4 is 23.2 Å². The normalized spacial score (nSPS) is 22.6. The molecule has 0 heterocycles. The van der Waals surface area contributed by atoms with Crippen LogP contribution in [-0.2, 0) is 0 Å². The molecule has 0 aliphatic heterocycles. The third kappa shape index (κ3) is 2.80. The van der Waals surface area contributed by atoms with Gasteiger partial charge in [-0.2, -0.15) is 0 Å². The SMILES string of the molecule is Clc1cccc(C2CCCC2c2cccc(Cl)c2)c1. The minimum atomic E-state index is 0.567. The van der Waals surface area contributed by atoms with Gasteiger partial charge in [0.1, 0.15) is 0 Å². The van der Waals surface area contributed by atoms with E-state index in [1.807, 2.05) is 24.3 Å². The van der Waals surface area contributed by atoms with E-state index in [1.165, 1.54) is 30.4 Å². The Bertz CT molecular complexity index is 525. The second-order valence-electron chi connectivity index (χ2n) is 5.25. The van der Waals surface area contributed by atoms with Gasteiger partial charge in [0.25, 0.3) is 0 Å². The van der Waals surface area contributed by atoms with E-state index in [0.717, 1.165) is 10.0 Å². The van der Waals surface area contributed by atoms with E-state index in [0.29, 0.717) is 11.8 Å². The van der Waals surface area contributed by atoms with Gasteiger partial charge in [-0.1, -0.05) is 53.9 Å². The molecule has 2 heteroatoms. The highest BCUT2D eigenvalue weighted by Gasteiger charge is 2.29. The van der Waals surface area contributed by atoms with Gasteiger partial charge >= 0.3 is 0 Å². The Morgan fingerprint density at radius 1 is 0.737 bits per heavy atom. The summed E-state index contributed by atoms with van der Waals surface area (Å²) in [5, 5.41) is 1.66. The fourth-order valence-electron chi connectivity index (χ4n) is 3.23. The molecular formula is C17H16Cl2. The fourth-order valence-corrected chi connectivity index (χ4v) is 3.63. The van der Waals surface area contributed by atoms with Crippen molar-refractivity contribution in [3.8, 4) is 0 Å². The lowest BCUT2D eigenvalue weighted by Gasteiger charge is -2.21. The van der Waals surface area contributed by atoms with Gasteiger partial charge in [0.2, 0.25) is 0 Å². The molecule has 0 amide bonds. The van der Waals surface area contributed by atoms with Crippen LogP contribution in [0.4, 0.5) is 0 Å². The summed E-state index contributed by atoms with van der Waals surface area (Å²) in [5.41, 5.74) is 2.71. The fraction of sp³-hybridized carbons (Fsp3) is 0.294. The predicted octanol–water partition coefficient (Wildman–Crippen LogP) is 6.04. The summed E-state index contributed by atoms with van der Waals surface area (Å²) in [7, 11) is 0. The van der Waals surface area contributed by atoms with Gasteiger partial charge < -0.3 is 0 Å². The second-order valence-corrected chi connectivity index (χ2v) is 6.13. The molecule has 0 radical (unpaired) electrons. The predicted molar refractivity (Wildman–Crippen MR) is 82.2 cm³/mol. The molecule has 0 spiro atoms. The molecule has 0 nitrogen and oxygen atoms in total. The number of halogens is 2. The zero-order valence-corrected chi connectivity index (χ0v) is 12.2. The maximum Gasteiger partial charge on any atom is 0.0408 e. The first-order valence-corrected chi connectivity index (χ1v) is 7.50. The molecule has 1 aliphatic rings. The van der Waals surface area contributed by atoms with Crippen LogP contribution in [0.1, 0.15) is 42.2 Å². The molecule has 2 atom stereocenters. The third-order valence-corrected chi connectivity index (χ3v) is 4.54. The Hall–Kier alpha value is -0.980. The summed E-state index contributed by atoms with van der Waals surface area (Å²) >= 11 is 12.2. The molecule has 19 heavy (non-hydrogen) atoms. The average molecular weight is 291 g/mol. The Morgan fingerprint density at radius 2 is 1.21 bits per heavy atom. The summed E-state index contributed by atoms with van der Waals surface area (Å²) in [6.07, 6.45) is 3.74. The summed E-state index contributed by atoms with van der Waals surface area (Å²) in [5.74, 6) is 1.13. The Balaban J connectivity index is 1.93. The number of hydrogen-bond donors (Lipinski definition) is 0. The molecule has 0 saturated heterocycles. The molecule has 98 valence electrons. The average Bonchev–Trinajstić information content (AvgIpc) is 2.88. The van der Waals surface area contributed by atoms with Gasteiger partial charge in [-0.25, -0.2) is 0 Å². The minimum absolute atomic E-state index is 0.567. The monoisotopic (exact) mass is 290 g/mol. The molecule has 0 aromatic heterocycles. The van der Waals surface area contributed by atoms with Crippen molar-refractivity contribution in [2.45, 2.75) is 31.1 Å². The van der Waals surface area contributed by atoms with Crippen LogP contribution < -0.4 is 0 Å². The zero-order valence-electron chi connectivity index (χ0n) is 10.7. The van der Waals surface area contributed by atoms with Crippen LogP contribution in [0.25, 0.3) is 0 Å². The first-order chi connectivity index (χ1) is 9.24. The quantitative estimate of drug-likeness (QED) is 0.632. The van der Waals surface area contributed by atoms with Gasteiger partial charge in [-0.05, 0) is 60.1 Å². The topological polar surface area (TPSA) is 0 Å². The smallest absolute Gasteiger partial charge is 0.0408 e. The lowest BCUT2D eigenvalue weighted by Crippen LogP contribution is -2.04. The van der Waals surface area contributed by atoms with Crippen LogP contribution in [0.2, 0.25) is 10.0 Å². The van der Waals surface area contributed by atoms with Crippen LogP contribution in [0, 0.1) is 0 Å². The van der Waals surface area contributed by atoms with Crippen molar-refractivity contribution in [3.05, 3.63) is 69.7 Å². The molecule has 2 aromatic carbocycles. The summed E-state index contributed by atoms with van der Waals surface area (Å²) in [6.45, 7) is 0. The van der Waals surface area contributed by atoms with Crippen molar-refractivity contribution in [2.75, 3.05) is 0 Å². The highest BCUT2D eigenvalue weighted by Crippen LogP contribution is 2.46. The van der Waals surface area contributed by atoms with E-state index in [1.54, 1.807) is 0 Å². The molecule has 1 fully saturated rings. The standard InChI is InChI=1S/C17H16Cl2/c18-14-6-1-4-12(10-14)16-8-3-9-17(16)13-5-2-7-15(19)11-13/h1-2,4-7,10-11,16-17H,3,8-9H2. The minimum Gasteiger partial charge on any atom is -0.0843 e. The van der Waals surface area contributed by atoms with E-state index < -0.39 is 0 Å². The Labute approximate surface area is 124 Å². The van der Waals surface area contributed by atoms with Crippen molar-refractivity contribution in [3.63, 3.8) is 0 Å². The summed E-state index contributed by atoms with van der Waals surface area (Å²) in [4.78, 5) is 0. The molecule has 2 unspecified atom stereocenters. The van der Waals surface area contributed by atoms with Crippen LogP contribution in [0.3, 0.4) is 0 Å². The summed E-state index contributed by atoms with van der Waals surface area (Å²) in [6, 6.07) is 16.6. The second kappa shape index (κ2) is 5.56. The highest BCUT2D eigenvalue weighted by molar-refractivity contribution is 6.30. The number of rotatable bonds is 2. The molecule has 0 bridgehead atoms. The van der Waals surface area contributed by atoms with E-state index in [2.05, 4.69) is 24.3 Å². The maximum absolute atomic E-state index is 6.12. The lowest BCUT2D eigenvalue weighted by atomic mass is 9.84. The molecule has 3 rings (SSSR count). The van der Waals surface area contributed by atoms with Gasteiger partial charge in [0.15, 0.2) is 0 Å². The van der Waals surface area contributed by atoms with Crippen LogP contribution in [-0.4, -0.2) is 0 Å². The first kappa shape index (κ1) is 13.0. The third-order valence-electron chi connectivity index (χ3n) is 4.07. The van der Waals surface area contributed by atoms with E-state index >= 15 is 0 Å². The molecule has 2 aromatic rings. The number of benzene rings is 2. The van der Waals surface area contributed by atoms with Crippen LogP contribution in [0.15, 0.2) is 48.5 Å². The van der Waals surface area contributed by atoms with Crippen molar-refractivity contribution in [1.29, 1.82) is 0 Å². The van der Waals surface area contributed by atoms with E-state index in [4.69, 9.17) is 23.2 Å². The van der Waals surface area contributed by atoms with Gasteiger partial charge in [0, 0.05) is 10.0 Å². The van der Waals surface area contributed by atoms with Crippen LogP contribution in [0.5, 0.6) is 0 Å². The van der Waals surface area contributed by atoms with Gasteiger partial charge in [-0.3, -0.25) is 0 Å². The van der Waals surface area contributed by atoms with Gasteiger partial charge in [0.05, 0.1) is 0 Å². The lowest BCUT2D eigenvalue weighted by molar-refractivity contribution is 0.624. The van der Waals surface area contributed by atoms with Gasteiger partial charge in [-0.15, -0.1) is 0 Å². The van der Waals surface area contributed by atoms with E-state index in [9.17, 15) is 0 Å². The molecule has 0 N–H and O–H groups in total. The Morgan fingerprint density at radius 3 is 1.63 bits per heavy atom. The van der Waals surface area contributed by atoms with Crippen molar-refractivity contribution in [2.24, 2.45) is 0 Å². The Kier molecular flexibility index (Phi) is 3.81.